The molecular formula is C15H23N3O. The van der Waals surface area contributed by atoms with E-state index in [9.17, 15) is 0 Å². The van der Waals surface area contributed by atoms with Crippen molar-refractivity contribution in [3.05, 3.63) is 41.5 Å². The highest BCUT2D eigenvalue weighted by Crippen LogP contribution is 2.17. The molecule has 2 aromatic heterocycles. The van der Waals surface area contributed by atoms with Crippen LogP contribution in [-0.2, 0) is 6.54 Å². The Kier molecular flexibility index (Phi) is 4.80. The van der Waals surface area contributed by atoms with Crippen LogP contribution in [0.4, 0.5) is 0 Å². The molecule has 104 valence electrons. The zero-order valence-corrected chi connectivity index (χ0v) is 12.0. The maximum atomic E-state index is 5.24. The summed E-state index contributed by atoms with van der Waals surface area (Å²) < 4.78 is 7.39. The average molecular weight is 261 g/mol. The molecule has 19 heavy (non-hydrogen) atoms. The molecule has 0 aliphatic carbocycles. The van der Waals surface area contributed by atoms with E-state index in [0.717, 1.165) is 37.4 Å². The summed E-state index contributed by atoms with van der Waals surface area (Å²) in [4.78, 5) is 0. The normalized spacial score (nSPS) is 12.8. The summed E-state index contributed by atoms with van der Waals surface area (Å²) >= 11 is 0. The summed E-state index contributed by atoms with van der Waals surface area (Å²) in [5, 5.41) is 7.48. The summed E-state index contributed by atoms with van der Waals surface area (Å²) in [6.45, 7) is 8.15. The quantitative estimate of drug-likeness (QED) is 0.831. The molecule has 0 amide bonds. The van der Waals surface area contributed by atoms with Crippen LogP contribution in [0.3, 0.4) is 0 Å². The van der Waals surface area contributed by atoms with Crippen molar-refractivity contribution in [2.75, 3.05) is 6.54 Å². The molecule has 1 unspecified atom stereocenters. The summed E-state index contributed by atoms with van der Waals surface area (Å²) in [6.07, 6.45) is 6.55. The maximum absolute atomic E-state index is 5.24. The lowest BCUT2D eigenvalue weighted by Gasteiger charge is -2.14. The van der Waals surface area contributed by atoms with Crippen LogP contribution in [-0.4, -0.2) is 16.3 Å². The van der Waals surface area contributed by atoms with Crippen LogP contribution in [0.25, 0.3) is 0 Å². The van der Waals surface area contributed by atoms with Gasteiger partial charge in [-0.05, 0) is 37.9 Å². The third-order valence-electron chi connectivity index (χ3n) is 3.24. The minimum atomic E-state index is 0.442. The van der Waals surface area contributed by atoms with E-state index in [2.05, 4.69) is 47.3 Å². The van der Waals surface area contributed by atoms with Crippen molar-refractivity contribution in [1.82, 2.24) is 15.0 Å². The Balaban J connectivity index is 2.01. The number of rotatable bonds is 7. The van der Waals surface area contributed by atoms with Gasteiger partial charge in [0.1, 0.15) is 0 Å². The van der Waals surface area contributed by atoms with E-state index < -0.39 is 0 Å². The van der Waals surface area contributed by atoms with Crippen LogP contribution in [0.5, 0.6) is 0 Å². The minimum Gasteiger partial charge on any atom is -0.359 e. The highest BCUT2D eigenvalue weighted by atomic mass is 16.5. The molecule has 0 spiro atoms. The first kappa shape index (κ1) is 13.9. The summed E-state index contributed by atoms with van der Waals surface area (Å²) in [5.41, 5.74) is 2.27. The lowest BCUT2D eigenvalue weighted by molar-refractivity contribution is 0.373. The molecule has 0 radical (unpaired) electrons. The predicted octanol–water partition coefficient (Wildman–Crippen LogP) is 3.28. The van der Waals surface area contributed by atoms with Crippen molar-refractivity contribution in [2.24, 2.45) is 0 Å². The number of nitrogens with one attached hydrogen (secondary N) is 1. The largest absolute Gasteiger partial charge is 0.359 e. The van der Waals surface area contributed by atoms with E-state index in [1.165, 1.54) is 5.56 Å². The van der Waals surface area contributed by atoms with E-state index in [0.29, 0.717) is 6.04 Å². The lowest BCUT2D eigenvalue weighted by Crippen LogP contribution is -2.21. The first-order valence-corrected chi connectivity index (χ1v) is 7.04. The molecule has 2 heterocycles. The monoisotopic (exact) mass is 261 g/mol. The summed E-state index contributed by atoms with van der Waals surface area (Å²) in [5.74, 6) is 0.897. The molecule has 4 heteroatoms. The minimum absolute atomic E-state index is 0.442. The molecule has 0 bridgehead atoms. The average Bonchev–Trinajstić information content (AvgIpc) is 3.01. The van der Waals surface area contributed by atoms with E-state index >= 15 is 0 Å². The van der Waals surface area contributed by atoms with Gasteiger partial charge in [-0.3, -0.25) is 0 Å². The Hall–Kier alpha value is -1.55. The Labute approximate surface area is 114 Å². The summed E-state index contributed by atoms with van der Waals surface area (Å²) in [7, 11) is 0. The van der Waals surface area contributed by atoms with Crippen molar-refractivity contribution in [1.29, 1.82) is 0 Å². The Bertz CT molecular complexity index is 501. The van der Waals surface area contributed by atoms with Crippen molar-refractivity contribution in [3.8, 4) is 0 Å². The third kappa shape index (κ3) is 3.70. The SMILES string of the molecule is CCCNC(CC)c1ccn(Cc2cc(C)no2)c1. The van der Waals surface area contributed by atoms with Crippen molar-refractivity contribution in [3.63, 3.8) is 0 Å². The van der Waals surface area contributed by atoms with Crippen LogP contribution in [0.15, 0.2) is 29.0 Å². The molecule has 0 saturated carbocycles. The van der Waals surface area contributed by atoms with Gasteiger partial charge in [0.05, 0.1) is 12.2 Å². The second kappa shape index (κ2) is 6.57. The zero-order valence-electron chi connectivity index (χ0n) is 12.0. The smallest absolute Gasteiger partial charge is 0.156 e. The van der Waals surface area contributed by atoms with Crippen molar-refractivity contribution in [2.45, 2.75) is 46.2 Å². The number of aryl methyl sites for hydroxylation is 1. The topological polar surface area (TPSA) is 43.0 Å². The molecule has 0 aromatic carbocycles. The van der Waals surface area contributed by atoms with Gasteiger partial charge in [0.25, 0.3) is 0 Å². The lowest BCUT2D eigenvalue weighted by atomic mass is 10.1. The van der Waals surface area contributed by atoms with Crippen molar-refractivity contribution < 1.29 is 4.52 Å². The van der Waals surface area contributed by atoms with E-state index in [1.54, 1.807) is 0 Å². The van der Waals surface area contributed by atoms with Crippen molar-refractivity contribution >= 4 is 0 Å². The molecule has 0 fully saturated rings. The first-order valence-electron chi connectivity index (χ1n) is 7.04. The van der Waals surface area contributed by atoms with E-state index in [1.807, 2.05) is 13.0 Å². The molecule has 4 nitrogen and oxygen atoms in total. The number of nitrogens with zero attached hydrogens (tertiary/aromatic N) is 2. The maximum Gasteiger partial charge on any atom is 0.156 e. The number of hydrogen-bond donors (Lipinski definition) is 1. The van der Waals surface area contributed by atoms with Gasteiger partial charge in [-0.2, -0.15) is 0 Å². The predicted molar refractivity (Wildman–Crippen MR) is 76.1 cm³/mol. The van der Waals surface area contributed by atoms with Crippen LogP contribution >= 0.6 is 0 Å². The standard InChI is InChI=1S/C15H23N3O/c1-4-7-16-15(5-2)13-6-8-18(10-13)11-14-9-12(3)17-19-14/h6,8-10,15-16H,4-5,7,11H2,1-3H3. The fourth-order valence-electron chi connectivity index (χ4n) is 2.25. The van der Waals surface area contributed by atoms with Gasteiger partial charge in [-0.15, -0.1) is 0 Å². The van der Waals surface area contributed by atoms with Gasteiger partial charge in [-0.25, -0.2) is 0 Å². The third-order valence-corrected chi connectivity index (χ3v) is 3.24. The second-order valence-electron chi connectivity index (χ2n) is 4.97. The fraction of sp³-hybridized carbons (Fsp3) is 0.533. The molecule has 0 aliphatic heterocycles. The Morgan fingerprint density at radius 3 is 2.89 bits per heavy atom. The zero-order chi connectivity index (χ0) is 13.7. The van der Waals surface area contributed by atoms with Gasteiger partial charge >= 0.3 is 0 Å². The fourth-order valence-corrected chi connectivity index (χ4v) is 2.25. The highest BCUT2D eigenvalue weighted by molar-refractivity contribution is 5.16. The Morgan fingerprint density at radius 2 is 2.26 bits per heavy atom. The molecule has 0 saturated heterocycles. The van der Waals surface area contributed by atoms with Gasteiger partial charge in [0, 0.05) is 24.5 Å². The van der Waals surface area contributed by atoms with E-state index in [-0.39, 0.29) is 0 Å². The van der Waals surface area contributed by atoms with E-state index in [4.69, 9.17) is 4.52 Å². The summed E-state index contributed by atoms with van der Waals surface area (Å²) in [6, 6.07) is 4.60. The molecule has 1 atom stereocenters. The van der Waals surface area contributed by atoms with Gasteiger partial charge in [0.2, 0.25) is 0 Å². The highest BCUT2D eigenvalue weighted by Gasteiger charge is 2.10. The van der Waals surface area contributed by atoms with Gasteiger partial charge < -0.3 is 14.4 Å². The van der Waals surface area contributed by atoms with Crippen LogP contribution in [0.2, 0.25) is 0 Å². The molecular weight excluding hydrogens is 238 g/mol. The van der Waals surface area contributed by atoms with Gasteiger partial charge in [-0.1, -0.05) is 19.0 Å². The molecule has 2 rings (SSSR count). The van der Waals surface area contributed by atoms with Crippen LogP contribution in [0.1, 0.15) is 49.7 Å². The molecule has 0 aliphatic rings. The Morgan fingerprint density at radius 1 is 1.42 bits per heavy atom. The molecule has 1 N–H and O–H groups in total. The second-order valence-corrected chi connectivity index (χ2v) is 4.97. The number of aromatic nitrogens is 2. The van der Waals surface area contributed by atoms with Crippen LogP contribution in [0, 0.1) is 6.92 Å². The number of hydrogen-bond acceptors (Lipinski definition) is 3. The van der Waals surface area contributed by atoms with Crippen LogP contribution < -0.4 is 5.32 Å². The van der Waals surface area contributed by atoms with Gasteiger partial charge in [0.15, 0.2) is 5.76 Å². The first-order chi connectivity index (χ1) is 9.22. The molecule has 2 aromatic rings.